The van der Waals surface area contributed by atoms with Gasteiger partial charge in [-0.25, -0.2) is 12.4 Å². The number of hydrogen-bond donors (Lipinski definition) is 1. The number of carbonyl (C=O) groups is 1. The van der Waals surface area contributed by atoms with Gasteiger partial charge in [0.15, 0.2) is 0 Å². The van der Waals surface area contributed by atoms with Crippen LogP contribution in [0.2, 0.25) is 0 Å². The zero-order valence-electron chi connectivity index (χ0n) is 27.2. The molecular weight excluding hydrogens is 566 g/mol. The van der Waals surface area contributed by atoms with Gasteiger partial charge in [-0.1, -0.05) is 90.1 Å². The molecule has 7 heteroatoms. The predicted octanol–water partition coefficient (Wildman–Crippen LogP) is 7.61. The fourth-order valence-electron chi connectivity index (χ4n) is 6.62. The number of nitrogens with zero attached hydrogens (tertiary/aromatic N) is 2. The summed E-state index contributed by atoms with van der Waals surface area (Å²) in [4.78, 5) is 16.1. The highest BCUT2D eigenvalue weighted by Crippen LogP contribution is 2.38. The minimum atomic E-state index is -3.94. The number of para-hydroxylation sites is 2. The van der Waals surface area contributed by atoms with E-state index >= 15 is 0 Å². The summed E-state index contributed by atoms with van der Waals surface area (Å²) in [6.07, 6.45) is 3.46. The van der Waals surface area contributed by atoms with Crippen molar-refractivity contribution in [3.05, 3.63) is 94.7 Å². The Hall–Kier alpha value is -3.42. The normalized spacial score (nSPS) is 15.5. The third kappa shape index (κ3) is 6.09. The molecule has 4 aromatic rings. The topological polar surface area (TPSA) is 71.4 Å². The largest absolute Gasteiger partial charge is 0.319 e. The van der Waals surface area contributed by atoms with Gasteiger partial charge in [-0.15, -0.1) is 0 Å². The average Bonchev–Trinajstić information content (AvgIpc) is 3.38. The van der Waals surface area contributed by atoms with E-state index < -0.39 is 10.0 Å². The van der Waals surface area contributed by atoms with Crippen LogP contribution in [0.5, 0.6) is 0 Å². The van der Waals surface area contributed by atoms with Gasteiger partial charge in [0.05, 0.1) is 10.4 Å². The number of benzene rings is 3. The van der Waals surface area contributed by atoms with Crippen molar-refractivity contribution in [3.63, 3.8) is 0 Å². The molecule has 1 amide bonds. The zero-order valence-corrected chi connectivity index (χ0v) is 28.0. The molecule has 1 unspecified atom stereocenters. The molecule has 1 atom stereocenters. The van der Waals surface area contributed by atoms with Gasteiger partial charge in [0.25, 0.3) is 10.0 Å². The fraction of sp³-hybridized carbons (Fsp3) is 0.432. The van der Waals surface area contributed by atoms with Gasteiger partial charge < -0.3 is 10.2 Å². The molecule has 0 aliphatic carbocycles. The Bertz CT molecular complexity index is 1740. The Labute approximate surface area is 263 Å². The van der Waals surface area contributed by atoms with E-state index in [1.54, 1.807) is 6.20 Å². The quantitative estimate of drug-likeness (QED) is 0.200. The minimum Gasteiger partial charge on any atom is -0.319 e. The molecular formula is C37H47N3O3S. The number of hydrogen-bond acceptors (Lipinski definition) is 4. The predicted molar refractivity (Wildman–Crippen MR) is 181 cm³/mol. The van der Waals surface area contributed by atoms with Crippen LogP contribution in [0, 0.1) is 5.92 Å². The summed E-state index contributed by atoms with van der Waals surface area (Å²) in [6, 6.07) is 20.0. The van der Waals surface area contributed by atoms with Crippen molar-refractivity contribution in [2.75, 3.05) is 25.0 Å². The molecule has 0 bridgehead atoms. The minimum absolute atomic E-state index is 0.0362. The maximum absolute atomic E-state index is 14.7. The number of aromatic nitrogens is 1. The third-order valence-electron chi connectivity index (χ3n) is 8.99. The number of carbonyl (C=O) groups excluding carboxylic acids is 1. The lowest BCUT2D eigenvalue weighted by Gasteiger charge is -2.34. The summed E-state index contributed by atoms with van der Waals surface area (Å²) >= 11 is 0. The first-order valence-electron chi connectivity index (χ1n) is 16.0. The summed E-state index contributed by atoms with van der Waals surface area (Å²) in [7, 11) is -1.99. The molecule has 5 rings (SSSR count). The van der Waals surface area contributed by atoms with E-state index in [0.29, 0.717) is 41.6 Å². The van der Waals surface area contributed by atoms with Crippen molar-refractivity contribution in [3.8, 4) is 0 Å². The molecule has 1 aliphatic rings. The highest BCUT2D eigenvalue weighted by Gasteiger charge is 2.31. The van der Waals surface area contributed by atoms with Crippen LogP contribution in [0.15, 0.2) is 71.8 Å². The Morgan fingerprint density at radius 1 is 0.909 bits per heavy atom. The van der Waals surface area contributed by atoms with Gasteiger partial charge in [0.2, 0.25) is 5.91 Å². The smallest absolute Gasteiger partial charge is 0.268 e. The van der Waals surface area contributed by atoms with Crippen molar-refractivity contribution in [2.45, 2.75) is 83.5 Å². The summed E-state index contributed by atoms with van der Waals surface area (Å²) in [5.41, 5.74) is 6.56. The van der Waals surface area contributed by atoms with Crippen molar-refractivity contribution in [2.24, 2.45) is 5.92 Å². The lowest BCUT2D eigenvalue weighted by atomic mass is 9.89. The van der Waals surface area contributed by atoms with Crippen molar-refractivity contribution < 1.29 is 13.2 Å². The van der Waals surface area contributed by atoms with Gasteiger partial charge in [-0.2, -0.15) is 0 Å². The summed E-state index contributed by atoms with van der Waals surface area (Å²) in [5, 5.41) is 4.14. The SMILES string of the molecule is CNCC1Cc2ccccc2N(C(=O)CCc2cn(S(=O)(=O)c3c(C(C)C)cc(C(C)C)cc3C(C)C)c3ccccc23)C1. The van der Waals surface area contributed by atoms with E-state index in [2.05, 4.69) is 65.1 Å². The molecule has 2 heterocycles. The molecule has 0 fully saturated rings. The first-order chi connectivity index (χ1) is 20.9. The van der Waals surface area contributed by atoms with E-state index in [1.807, 2.05) is 54.4 Å². The number of rotatable bonds is 10. The number of aryl methyl sites for hydroxylation is 1. The van der Waals surface area contributed by atoms with E-state index in [9.17, 15) is 13.2 Å². The first kappa shape index (κ1) is 32.0. The van der Waals surface area contributed by atoms with Crippen LogP contribution in [0.1, 0.15) is 93.5 Å². The number of nitrogens with one attached hydrogen (secondary N) is 1. The number of amides is 1. The summed E-state index contributed by atoms with van der Waals surface area (Å²) < 4.78 is 30.9. The number of fused-ring (bicyclic) bond motifs is 2. The molecule has 44 heavy (non-hydrogen) atoms. The van der Waals surface area contributed by atoms with Crippen molar-refractivity contribution >= 4 is 32.5 Å². The van der Waals surface area contributed by atoms with Crippen LogP contribution in [0.4, 0.5) is 5.69 Å². The Kier molecular flexibility index (Phi) is 9.38. The molecule has 1 aliphatic heterocycles. The Morgan fingerprint density at radius 3 is 2.18 bits per heavy atom. The Balaban J connectivity index is 1.53. The van der Waals surface area contributed by atoms with Crippen molar-refractivity contribution in [1.82, 2.24) is 9.29 Å². The van der Waals surface area contributed by atoms with Gasteiger partial charge in [0, 0.05) is 30.2 Å². The standard InChI is InChI=1S/C37H47N3O3S/c1-24(2)30-19-32(25(3)4)37(33(20-30)26(5)6)44(42,43)40-23-29(31-13-9-11-15-35(31)40)16-17-36(41)39-22-27(21-38-7)18-28-12-8-10-14-34(28)39/h8-15,19-20,23-27,38H,16-18,21-22H2,1-7H3. The number of anilines is 1. The van der Waals surface area contributed by atoms with Crippen LogP contribution < -0.4 is 10.2 Å². The maximum atomic E-state index is 14.7. The van der Waals surface area contributed by atoms with E-state index in [-0.39, 0.29) is 17.7 Å². The van der Waals surface area contributed by atoms with Crippen LogP contribution in [0.3, 0.4) is 0 Å². The first-order valence-corrected chi connectivity index (χ1v) is 17.4. The van der Waals surface area contributed by atoms with Gasteiger partial charge in [-0.3, -0.25) is 4.79 Å². The van der Waals surface area contributed by atoms with E-state index in [0.717, 1.165) is 46.3 Å². The highest BCUT2D eigenvalue weighted by atomic mass is 32.2. The second kappa shape index (κ2) is 12.9. The molecule has 0 saturated heterocycles. The Morgan fingerprint density at radius 2 is 1.55 bits per heavy atom. The summed E-state index contributed by atoms with van der Waals surface area (Å²) in [6.45, 7) is 14.1. The molecule has 234 valence electrons. The third-order valence-corrected chi connectivity index (χ3v) is 10.8. The molecule has 1 aromatic heterocycles. The van der Waals surface area contributed by atoms with Crippen molar-refractivity contribution in [1.29, 1.82) is 0 Å². The van der Waals surface area contributed by atoms with Crippen LogP contribution in [-0.2, 0) is 27.7 Å². The lowest BCUT2D eigenvalue weighted by Crippen LogP contribution is -2.42. The zero-order chi connectivity index (χ0) is 31.8. The molecule has 6 nitrogen and oxygen atoms in total. The van der Waals surface area contributed by atoms with E-state index in [1.165, 1.54) is 9.54 Å². The summed E-state index contributed by atoms with van der Waals surface area (Å²) in [5.74, 6) is 0.770. The molecule has 1 N–H and O–H groups in total. The van der Waals surface area contributed by atoms with E-state index in [4.69, 9.17) is 0 Å². The van der Waals surface area contributed by atoms with Crippen LogP contribution in [0.25, 0.3) is 10.9 Å². The second-order valence-electron chi connectivity index (χ2n) is 13.2. The fourth-order valence-corrected chi connectivity index (χ4v) is 8.68. The average molecular weight is 614 g/mol. The van der Waals surface area contributed by atoms with Gasteiger partial charge in [-0.05, 0) is 90.1 Å². The molecule has 0 spiro atoms. The highest BCUT2D eigenvalue weighted by molar-refractivity contribution is 7.90. The molecule has 3 aromatic carbocycles. The molecule has 0 saturated carbocycles. The van der Waals surface area contributed by atoms with Crippen LogP contribution >= 0.6 is 0 Å². The van der Waals surface area contributed by atoms with Gasteiger partial charge in [0.1, 0.15) is 0 Å². The maximum Gasteiger partial charge on any atom is 0.268 e. The monoisotopic (exact) mass is 613 g/mol. The van der Waals surface area contributed by atoms with Crippen LogP contribution in [-0.4, -0.2) is 38.4 Å². The van der Waals surface area contributed by atoms with Gasteiger partial charge >= 0.3 is 0 Å². The molecule has 0 radical (unpaired) electrons. The lowest BCUT2D eigenvalue weighted by molar-refractivity contribution is -0.118. The second-order valence-corrected chi connectivity index (χ2v) is 15.0.